The van der Waals surface area contributed by atoms with E-state index in [1.165, 1.54) is 93.7 Å². The van der Waals surface area contributed by atoms with E-state index in [1.807, 2.05) is 13.0 Å². The van der Waals surface area contributed by atoms with Gasteiger partial charge in [-0.3, -0.25) is 4.79 Å². The first-order valence-corrected chi connectivity index (χ1v) is 20.3. The molecule has 4 rings (SSSR count). The summed E-state index contributed by atoms with van der Waals surface area (Å²) in [6.07, 6.45) is 19.5. The van der Waals surface area contributed by atoms with Crippen molar-refractivity contribution in [1.82, 2.24) is 5.32 Å². The van der Waals surface area contributed by atoms with Crippen molar-refractivity contribution >= 4 is 34.9 Å². The maximum Gasteiger partial charge on any atom is 0.336 e. The summed E-state index contributed by atoms with van der Waals surface area (Å²) in [6, 6.07) is 14.8. The maximum absolute atomic E-state index is 14.0. The third-order valence-corrected chi connectivity index (χ3v) is 11.1. The zero-order chi connectivity index (χ0) is 35.6. The normalized spacial score (nSPS) is 15.5. The van der Waals surface area contributed by atoms with Gasteiger partial charge in [-0.1, -0.05) is 120 Å². The zero-order valence-electron chi connectivity index (χ0n) is 31.1. The van der Waals surface area contributed by atoms with E-state index in [-0.39, 0.29) is 18.5 Å². The second-order valence-corrected chi connectivity index (χ2v) is 14.8. The van der Waals surface area contributed by atoms with Gasteiger partial charge in [-0.05, 0) is 67.5 Å². The molecule has 0 amide bonds. The van der Waals surface area contributed by atoms with E-state index in [1.54, 1.807) is 11.8 Å². The molecule has 1 N–H and O–H groups in total. The quantitative estimate of drug-likeness (QED) is 0.0706. The lowest BCUT2D eigenvalue weighted by molar-refractivity contribution is -0.139. The lowest BCUT2D eigenvalue weighted by atomic mass is 9.75. The van der Waals surface area contributed by atoms with Crippen molar-refractivity contribution in [1.29, 1.82) is 0 Å². The van der Waals surface area contributed by atoms with Crippen molar-refractivity contribution in [3.63, 3.8) is 0 Å². The number of carbonyl (C=O) groups is 2. The van der Waals surface area contributed by atoms with Crippen molar-refractivity contribution in [2.24, 2.45) is 4.99 Å². The Hall–Kier alpha value is -3.32. The number of ether oxygens (including phenoxy) is 2. The van der Waals surface area contributed by atoms with Gasteiger partial charge in [-0.25, -0.2) is 9.79 Å². The number of rotatable bonds is 23. The summed E-state index contributed by atoms with van der Waals surface area (Å²) >= 11 is 1.68. The van der Waals surface area contributed by atoms with Gasteiger partial charge in [0.25, 0.3) is 6.47 Å². The molecule has 1 unspecified atom stereocenters. The van der Waals surface area contributed by atoms with Gasteiger partial charge < -0.3 is 14.8 Å². The van der Waals surface area contributed by atoms with Crippen molar-refractivity contribution in [2.45, 2.75) is 136 Å². The van der Waals surface area contributed by atoms with Crippen LogP contribution in [0.4, 0.5) is 5.69 Å². The van der Waals surface area contributed by atoms with Gasteiger partial charge >= 0.3 is 5.97 Å². The highest BCUT2D eigenvalue weighted by Crippen LogP contribution is 2.44. The molecule has 6 nitrogen and oxygen atoms in total. The number of esters is 1. The van der Waals surface area contributed by atoms with Crippen LogP contribution in [0.2, 0.25) is 0 Å². The molecule has 2 aliphatic rings. The van der Waals surface area contributed by atoms with E-state index in [4.69, 9.17) is 14.5 Å². The predicted molar refractivity (Wildman–Crippen MR) is 209 cm³/mol. The third-order valence-electron chi connectivity index (χ3n) is 10.0. The molecule has 2 heterocycles. The Morgan fingerprint density at radius 3 is 2.22 bits per heavy atom. The van der Waals surface area contributed by atoms with E-state index in [0.29, 0.717) is 30.8 Å². The summed E-state index contributed by atoms with van der Waals surface area (Å²) in [5, 5.41) is 4.65. The number of unbranched alkanes of at least 4 members (excludes halogenated alkanes) is 12. The lowest BCUT2D eigenvalue weighted by Crippen LogP contribution is -2.32. The number of nitrogens with one attached hydrogen (secondary N) is 1. The van der Waals surface area contributed by atoms with Gasteiger partial charge in [0.2, 0.25) is 0 Å². The minimum absolute atomic E-state index is 0.254. The Morgan fingerprint density at radius 1 is 0.880 bits per heavy atom. The number of thioether (sulfide) groups is 1. The summed E-state index contributed by atoms with van der Waals surface area (Å²) in [7, 11) is 0. The molecule has 2 aromatic carbocycles. The number of fused-ring (bicyclic) bond motifs is 1. The van der Waals surface area contributed by atoms with Crippen LogP contribution in [0.15, 0.2) is 70.0 Å². The van der Waals surface area contributed by atoms with Gasteiger partial charge in [-0.2, -0.15) is 0 Å². The topological polar surface area (TPSA) is 77.0 Å². The average molecular weight is 701 g/mol. The van der Waals surface area contributed by atoms with Crippen molar-refractivity contribution in [3.8, 4) is 0 Å². The molecule has 0 fully saturated rings. The molecular formula is C43H60N2O4S. The standard InChI is InChI=1S/C43H60N2O4S/c1-5-7-8-9-10-11-12-13-14-15-16-17-18-23-34-25-21-22-32(3)40(34)41-36(27-28-48-31-46)33(4)44-38(42(41)43(47)49-6-2)30-50-39-29-35-24-19-20-26-37(35)45-39/h19-22,24-26,31,41,44H,5-18,23,27-30H2,1-4H3. The van der Waals surface area contributed by atoms with Crippen LogP contribution in [0.25, 0.3) is 0 Å². The molecule has 0 aromatic heterocycles. The smallest absolute Gasteiger partial charge is 0.336 e. The van der Waals surface area contributed by atoms with Gasteiger partial charge in [0.05, 0.1) is 29.5 Å². The number of hydrogen-bond acceptors (Lipinski definition) is 7. The van der Waals surface area contributed by atoms with Crippen LogP contribution in [-0.2, 0) is 31.9 Å². The van der Waals surface area contributed by atoms with E-state index in [0.717, 1.165) is 52.5 Å². The number of allylic oxidation sites excluding steroid dienone is 1. The summed E-state index contributed by atoms with van der Waals surface area (Å²) in [5.41, 5.74) is 9.47. The first-order valence-electron chi connectivity index (χ1n) is 19.3. The van der Waals surface area contributed by atoms with Gasteiger partial charge in [0, 0.05) is 35.9 Å². The lowest BCUT2D eigenvalue weighted by Gasteiger charge is -2.34. The number of hydrogen-bond donors (Lipinski definition) is 1. The number of aryl methyl sites for hydroxylation is 2. The van der Waals surface area contributed by atoms with Crippen LogP contribution < -0.4 is 5.32 Å². The van der Waals surface area contributed by atoms with E-state index < -0.39 is 0 Å². The Labute approximate surface area is 306 Å². The minimum atomic E-state index is -0.297. The van der Waals surface area contributed by atoms with Crippen molar-refractivity contribution < 1.29 is 19.1 Å². The molecular weight excluding hydrogens is 641 g/mol. The second-order valence-electron chi connectivity index (χ2n) is 13.8. The third kappa shape index (κ3) is 11.6. The monoisotopic (exact) mass is 700 g/mol. The molecule has 0 spiro atoms. The summed E-state index contributed by atoms with van der Waals surface area (Å²) in [6.45, 7) is 9.41. The first-order chi connectivity index (χ1) is 24.5. The van der Waals surface area contributed by atoms with Crippen LogP contribution in [0, 0.1) is 6.92 Å². The van der Waals surface area contributed by atoms with E-state index in [9.17, 15) is 9.59 Å². The van der Waals surface area contributed by atoms with Crippen molar-refractivity contribution in [3.05, 3.63) is 87.3 Å². The Balaban J connectivity index is 1.49. The van der Waals surface area contributed by atoms with Crippen LogP contribution in [0.3, 0.4) is 0 Å². The fourth-order valence-corrected chi connectivity index (χ4v) is 8.38. The average Bonchev–Trinajstić information content (AvgIpc) is 3.53. The highest BCUT2D eigenvalue weighted by atomic mass is 32.2. The van der Waals surface area contributed by atoms with E-state index in [2.05, 4.69) is 62.5 Å². The number of para-hydroxylation sites is 1. The minimum Gasteiger partial charge on any atom is -0.468 e. The first kappa shape index (κ1) is 39.5. The Morgan fingerprint density at radius 2 is 1.56 bits per heavy atom. The molecule has 50 heavy (non-hydrogen) atoms. The molecule has 0 radical (unpaired) electrons. The zero-order valence-corrected chi connectivity index (χ0v) is 31.9. The Kier molecular flexibility index (Phi) is 17.2. The fraction of sp³-hybridized carbons (Fsp3) is 0.558. The molecule has 7 heteroatoms. The van der Waals surface area contributed by atoms with Gasteiger partial charge in [0.1, 0.15) is 0 Å². The maximum atomic E-state index is 14.0. The van der Waals surface area contributed by atoms with Crippen LogP contribution >= 0.6 is 11.8 Å². The molecule has 2 aromatic rings. The number of carbonyl (C=O) groups excluding carboxylic acids is 2. The molecule has 2 aliphatic heterocycles. The Bertz CT molecular complexity index is 1490. The van der Waals surface area contributed by atoms with E-state index >= 15 is 0 Å². The molecule has 0 bridgehead atoms. The number of nitrogens with zero attached hydrogens (tertiary/aromatic N) is 1. The molecule has 272 valence electrons. The largest absolute Gasteiger partial charge is 0.468 e. The van der Waals surface area contributed by atoms with Gasteiger partial charge in [-0.15, -0.1) is 11.8 Å². The molecule has 0 aliphatic carbocycles. The summed E-state index contributed by atoms with van der Waals surface area (Å²) in [4.78, 5) is 30.0. The highest BCUT2D eigenvalue weighted by Gasteiger charge is 2.37. The van der Waals surface area contributed by atoms with Crippen LogP contribution in [0.1, 0.15) is 139 Å². The molecule has 1 atom stereocenters. The number of benzene rings is 2. The van der Waals surface area contributed by atoms with Crippen molar-refractivity contribution in [2.75, 3.05) is 19.0 Å². The molecule has 0 saturated carbocycles. The number of aliphatic imine (C=N–C) groups is 1. The SMILES string of the molecule is CCCCCCCCCCCCCCCc1cccc(C)c1C1C(CCOC=O)=C(C)NC(CSC2=Nc3ccccc3C2)=C1C(=O)OCC. The van der Waals surface area contributed by atoms with Crippen LogP contribution in [-0.4, -0.2) is 36.5 Å². The predicted octanol–water partition coefficient (Wildman–Crippen LogP) is 11.0. The molecule has 0 saturated heterocycles. The second kappa shape index (κ2) is 21.8. The summed E-state index contributed by atoms with van der Waals surface area (Å²) in [5.74, 6) is -0.0109. The number of dihydropyridines is 1. The summed E-state index contributed by atoms with van der Waals surface area (Å²) < 4.78 is 11.0. The fourth-order valence-electron chi connectivity index (χ4n) is 7.42. The van der Waals surface area contributed by atoms with Gasteiger partial charge in [0.15, 0.2) is 0 Å². The highest BCUT2D eigenvalue weighted by molar-refractivity contribution is 8.14. The van der Waals surface area contributed by atoms with Crippen LogP contribution in [0.5, 0.6) is 0 Å².